The highest BCUT2D eigenvalue weighted by Gasteiger charge is 2.47. The maximum absolute atomic E-state index is 14.1. The second kappa shape index (κ2) is 12.1. The number of hydrogen-bond acceptors (Lipinski definition) is 7. The molecule has 45 heavy (non-hydrogen) atoms. The number of nitrogens with one attached hydrogen (secondary N) is 1. The van der Waals surface area contributed by atoms with Gasteiger partial charge in [-0.15, -0.1) is 0 Å². The number of alkyl halides is 3. The minimum Gasteiger partial charge on any atom is -0.444 e. The van der Waals surface area contributed by atoms with E-state index >= 15 is 0 Å². The number of nitrogens with zero attached hydrogens (tertiary/aromatic N) is 5. The second-order valence-corrected chi connectivity index (χ2v) is 13.3. The van der Waals surface area contributed by atoms with Crippen molar-refractivity contribution in [3.05, 3.63) is 55.0 Å². The van der Waals surface area contributed by atoms with Crippen molar-refractivity contribution in [3.8, 4) is 0 Å². The molecule has 1 aromatic carbocycles. The maximum atomic E-state index is 14.1. The number of halogens is 5. The van der Waals surface area contributed by atoms with Crippen LogP contribution in [0.5, 0.6) is 0 Å². The van der Waals surface area contributed by atoms with Crippen molar-refractivity contribution in [2.45, 2.75) is 84.3 Å². The highest BCUT2D eigenvalue weighted by molar-refractivity contribution is 9.10. The summed E-state index contributed by atoms with van der Waals surface area (Å²) in [4.78, 5) is 53.3. The number of hydrogen-bond donors (Lipinski definition) is 1. The first-order valence-corrected chi connectivity index (χ1v) is 15.7. The summed E-state index contributed by atoms with van der Waals surface area (Å²) >= 11 is 9.46. The van der Waals surface area contributed by atoms with E-state index in [9.17, 15) is 27.6 Å². The fourth-order valence-electron chi connectivity index (χ4n) is 5.84. The molecule has 3 heterocycles. The molecule has 1 aliphatic carbocycles. The summed E-state index contributed by atoms with van der Waals surface area (Å²) in [6.07, 6.45) is -3.12. The van der Waals surface area contributed by atoms with Crippen LogP contribution in [-0.4, -0.2) is 62.2 Å². The summed E-state index contributed by atoms with van der Waals surface area (Å²) in [5.41, 5.74) is -0.216. The van der Waals surface area contributed by atoms with Gasteiger partial charge in [-0.1, -0.05) is 18.5 Å². The average Bonchev–Trinajstić information content (AvgIpc) is 2.91. The molecule has 2 amide bonds. The normalized spacial score (nSPS) is 18.4. The Morgan fingerprint density at radius 1 is 1.13 bits per heavy atom. The Labute approximate surface area is 271 Å². The zero-order valence-corrected chi connectivity index (χ0v) is 27.7. The number of pyridine rings is 1. The Bertz CT molecular complexity index is 1740. The summed E-state index contributed by atoms with van der Waals surface area (Å²) in [5, 5.41) is 2.32. The van der Waals surface area contributed by atoms with E-state index in [-0.39, 0.29) is 45.9 Å². The van der Waals surface area contributed by atoms with Gasteiger partial charge in [-0.25, -0.2) is 14.8 Å². The van der Waals surface area contributed by atoms with Crippen LogP contribution in [0.25, 0.3) is 11.2 Å². The number of amides is 2. The third kappa shape index (κ3) is 6.49. The van der Waals surface area contributed by atoms with E-state index in [0.717, 1.165) is 31.0 Å². The lowest BCUT2D eigenvalue weighted by Gasteiger charge is -2.54. The van der Waals surface area contributed by atoms with Gasteiger partial charge in [0.1, 0.15) is 22.4 Å². The fraction of sp³-hybridized carbons (Fsp3) is 0.500. The predicted molar refractivity (Wildman–Crippen MR) is 168 cm³/mol. The Balaban J connectivity index is 1.54. The molecule has 2 fully saturated rings. The SMILES string of the molecule is CCc1c(N2CCN(C(=O)OC(C)(C)C)[C@H]3CC[C@@H]32)c(=O)c2nc(Br)c(C)nc2n1CC(=O)Nc1ccc(C(F)(F)F)cc1Cl. The van der Waals surface area contributed by atoms with Crippen LogP contribution in [0.3, 0.4) is 0 Å². The van der Waals surface area contributed by atoms with Gasteiger partial charge in [0.2, 0.25) is 11.3 Å². The number of carbonyl (C=O) groups excluding carboxylic acids is 2. The van der Waals surface area contributed by atoms with Crippen LogP contribution in [0, 0.1) is 6.92 Å². The molecule has 2 aliphatic rings. The Kier molecular flexibility index (Phi) is 8.86. The second-order valence-electron chi connectivity index (χ2n) is 12.2. The molecule has 0 unspecified atom stereocenters. The van der Waals surface area contributed by atoms with Crippen LogP contribution in [0.15, 0.2) is 27.6 Å². The number of carbonyl (C=O) groups is 2. The van der Waals surface area contributed by atoms with Crippen molar-refractivity contribution in [1.82, 2.24) is 19.4 Å². The smallest absolute Gasteiger partial charge is 0.416 e. The van der Waals surface area contributed by atoms with Gasteiger partial charge in [0.25, 0.3) is 0 Å². The first kappa shape index (κ1) is 33.0. The standard InChI is InChI=1S/C30H33BrClF3N6O4/c1-6-19-24(39-11-12-40(21-10-9-20(21)39)28(44)45-29(3,4)5)25(43)23-27(36-15(2)26(31)38-23)41(19)14-22(42)37-18-8-7-16(13-17(18)32)30(33,34)35/h7-8,13,20-21H,6,9-12,14H2,1-5H3,(H,37,42)/t20-,21-/m0/s1. The molecule has 0 spiro atoms. The molecule has 0 radical (unpaired) electrons. The molecular formula is C30H33BrClF3N6O4. The topological polar surface area (TPSA) is 110 Å². The van der Waals surface area contributed by atoms with Crippen LogP contribution in [0.4, 0.5) is 29.3 Å². The highest BCUT2D eigenvalue weighted by Crippen LogP contribution is 2.38. The van der Waals surface area contributed by atoms with Gasteiger partial charge in [0.05, 0.1) is 28.0 Å². The third-order valence-electron chi connectivity index (χ3n) is 7.99. The minimum atomic E-state index is -4.59. The van der Waals surface area contributed by atoms with Crippen LogP contribution in [0.2, 0.25) is 5.02 Å². The van der Waals surface area contributed by atoms with E-state index in [1.54, 1.807) is 16.4 Å². The van der Waals surface area contributed by atoms with Crippen molar-refractivity contribution in [2.75, 3.05) is 23.3 Å². The fourth-order valence-corrected chi connectivity index (χ4v) is 6.33. The molecule has 15 heteroatoms. The Hall–Kier alpha value is -3.39. The Morgan fingerprint density at radius 3 is 2.40 bits per heavy atom. The summed E-state index contributed by atoms with van der Waals surface area (Å²) in [6.45, 7) is 9.40. The van der Waals surface area contributed by atoms with E-state index in [4.69, 9.17) is 16.3 Å². The van der Waals surface area contributed by atoms with Gasteiger partial charge in [0.15, 0.2) is 11.2 Å². The number of anilines is 2. The Morgan fingerprint density at radius 2 is 1.82 bits per heavy atom. The lowest BCUT2D eigenvalue weighted by Crippen LogP contribution is -2.67. The molecule has 1 N–H and O–H groups in total. The quantitative estimate of drug-likeness (QED) is 0.330. The minimum absolute atomic E-state index is 0.0128. The summed E-state index contributed by atoms with van der Waals surface area (Å²) in [5.74, 6) is -0.583. The first-order chi connectivity index (χ1) is 21.0. The number of benzene rings is 1. The van der Waals surface area contributed by atoms with E-state index < -0.39 is 29.3 Å². The van der Waals surface area contributed by atoms with Crippen LogP contribution >= 0.6 is 27.5 Å². The van der Waals surface area contributed by atoms with Crippen molar-refractivity contribution in [3.63, 3.8) is 0 Å². The predicted octanol–water partition coefficient (Wildman–Crippen LogP) is 6.32. The number of aryl methyl sites for hydroxylation is 1. The van der Waals surface area contributed by atoms with E-state index in [2.05, 4.69) is 31.2 Å². The number of rotatable bonds is 5. The molecule has 2 aromatic heterocycles. The number of piperazine rings is 1. The molecular weight excluding hydrogens is 681 g/mol. The highest BCUT2D eigenvalue weighted by atomic mass is 79.9. The third-order valence-corrected chi connectivity index (χ3v) is 9.05. The number of aromatic nitrogens is 3. The molecule has 10 nitrogen and oxygen atoms in total. The maximum Gasteiger partial charge on any atom is 0.416 e. The van der Waals surface area contributed by atoms with Crippen molar-refractivity contribution in [2.24, 2.45) is 0 Å². The van der Waals surface area contributed by atoms with Crippen molar-refractivity contribution in [1.29, 1.82) is 0 Å². The molecule has 242 valence electrons. The van der Waals surface area contributed by atoms with Gasteiger partial charge in [-0.2, -0.15) is 13.2 Å². The monoisotopic (exact) mass is 712 g/mol. The van der Waals surface area contributed by atoms with Gasteiger partial charge in [0, 0.05) is 24.8 Å². The molecule has 3 aromatic rings. The van der Waals surface area contributed by atoms with Crippen LogP contribution in [0.1, 0.15) is 57.5 Å². The van der Waals surface area contributed by atoms with Gasteiger partial charge in [-0.05, 0) is 81.1 Å². The van der Waals surface area contributed by atoms with E-state index in [1.165, 1.54) is 0 Å². The van der Waals surface area contributed by atoms with Gasteiger partial charge in [-0.3, -0.25) is 9.59 Å². The number of ether oxygens (including phenoxy) is 1. The molecule has 5 rings (SSSR count). The molecule has 1 saturated carbocycles. The van der Waals surface area contributed by atoms with Crippen LogP contribution in [-0.2, 0) is 28.7 Å². The van der Waals surface area contributed by atoms with E-state index in [1.807, 2.05) is 32.6 Å². The molecule has 2 atom stereocenters. The summed E-state index contributed by atoms with van der Waals surface area (Å²) in [6, 6.07) is 2.39. The molecule has 1 saturated heterocycles. The summed E-state index contributed by atoms with van der Waals surface area (Å²) < 4.78 is 47.0. The zero-order valence-electron chi connectivity index (χ0n) is 25.4. The van der Waals surface area contributed by atoms with Crippen LogP contribution < -0.4 is 15.6 Å². The van der Waals surface area contributed by atoms with Gasteiger partial charge >= 0.3 is 12.3 Å². The lowest BCUT2D eigenvalue weighted by atomic mass is 9.81. The summed E-state index contributed by atoms with van der Waals surface area (Å²) in [7, 11) is 0. The average molecular weight is 714 g/mol. The first-order valence-electron chi connectivity index (χ1n) is 14.5. The van der Waals surface area contributed by atoms with E-state index in [0.29, 0.717) is 41.2 Å². The lowest BCUT2D eigenvalue weighted by molar-refractivity contribution is -0.137. The van der Waals surface area contributed by atoms with Crippen molar-refractivity contribution >= 4 is 62.1 Å². The van der Waals surface area contributed by atoms with Crippen molar-refractivity contribution < 1.29 is 27.5 Å². The zero-order chi connectivity index (χ0) is 33.0. The van der Waals surface area contributed by atoms with Gasteiger partial charge < -0.3 is 24.4 Å². The number of fused-ring (bicyclic) bond motifs is 2. The largest absolute Gasteiger partial charge is 0.444 e. The molecule has 0 bridgehead atoms. The molecule has 1 aliphatic heterocycles.